The predicted octanol–water partition coefficient (Wildman–Crippen LogP) is 6.99. The normalized spacial score (nSPS) is 10.4. The Balaban J connectivity index is 1.44. The van der Waals surface area contributed by atoms with Crippen LogP contribution in [0.15, 0.2) is 77.3 Å². The van der Waals surface area contributed by atoms with Crippen molar-refractivity contribution >= 4 is 44.9 Å². The minimum Gasteiger partial charge on any atom is -0.492 e. The van der Waals surface area contributed by atoms with Crippen molar-refractivity contribution < 1.29 is 19.0 Å². The standard InChI is InChI=1S/C28H31BrN2O4S/c1-2-3-4-8-16-35-26-15-14-21(19-25(26)29)27(32)31-28(36)30-22-10-9-13-24(20-22)34-18-17-33-23-11-6-5-7-12-23/h5-7,9-15,19-20H,2-4,8,16-18H2,1H3,(H2,30,31,32,36). The summed E-state index contributed by atoms with van der Waals surface area (Å²) in [4.78, 5) is 12.7. The summed E-state index contributed by atoms with van der Waals surface area (Å²) in [5.74, 6) is 1.87. The fraction of sp³-hybridized carbons (Fsp3) is 0.286. The molecule has 0 fully saturated rings. The lowest BCUT2D eigenvalue weighted by molar-refractivity contribution is 0.0977. The number of benzene rings is 3. The van der Waals surface area contributed by atoms with E-state index in [9.17, 15) is 4.79 Å². The average Bonchev–Trinajstić information content (AvgIpc) is 2.88. The maximum Gasteiger partial charge on any atom is 0.257 e. The van der Waals surface area contributed by atoms with Gasteiger partial charge in [0, 0.05) is 17.3 Å². The number of carbonyl (C=O) groups is 1. The molecule has 8 heteroatoms. The molecule has 2 N–H and O–H groups in total. The second-order valence-electron chi connectivity index (χ2n) is 8.00. The molecule has 3 aromatic carbocycles. The van der Waals surface area contributed by atoms with E-state index in [-0.39, 0.29) is 11.0 Å². The SMILES string of the molecule is CCCCCCOc1ccc(C(=O)NC(=S)Nc2cccc(OCCOc3ccccc3)c2)cc1Br. The second-order valence-corrected chi connectivity index (χ2v) is 9.26. The fourth-order valence-corrected chi connectivity index (χ4v) is 4.01. The molecule has 1 amide bonds. The van der Waals surface area contributed by atoms with Crippen molar-refractivity contribution in [1.82, 2.24) is 5.32 Å². The molecule has 36 heavy (non-hydrogen) atoms. The molecule has 6 nitrogen and oxygen atoms in total. The summed E-state index contributed by atoms with van der Waals surface area (Å²) >= 11 is 8.82. The van der Waals surface area contributed by atoms with Gasteiger partial charge in [-0.25, -0.2) is 0 Å². The zero-order chi connectivity index (χ0) is 25.6. The fourth-order valence-electron chi connectivity index (χ4n) is 3.31. The molecule has 0 aliphatic carbocycles. The summed E-state index contributed by atoms with van der Waals surface area (Å²) in [7, 11) is 0. The van der Waals surface area contributed by atoms with Gasteiger partial charge in [0.25, 0.3) is 5.91 Å². The number of anilines is 1. The molecule has 190 valence electrons. The van der Waals surface area contributed by atoms with Crippen LogP contribution in [-0.4, -0.2) is 30.8 Å². The van der Waals surface area contributed by atoms with E-state index in [4.69, 9.17) is 26.4 Å². The van der Waals surface area contributed by atoms with E-state index in [0.29, 0.717) is 36.8 Å². The van der Waals surface area contributed by atoms with Gasteiger partial charge in [-0.05, 0) is 77.0 Å². The molecule has 0 aliphatic rings. The molecule has 0 aromatic heterocycles. The van der Waals surface area contributed by atoms with Gasteiger partial charge in [0.15, 0.2) is 5.11 Å². The zero-order valence-corrected chi connectivity index (χ0v) is 22.7. The van der Waals surface area contributed by atoms with Gasteiger partial charge < -0.3 is 19.5 Å². The Morgan fingerprint density at radius 2 is 1.58 bits per heavy atom. The van der Waals surface area contributed by atoms with E-state index in [1.165, 1.54) is 12.8 Å². The molecule has 3 aromatic rings. The summed E-state index contributed by atoms with van der Waals surface area (Å²) in [6, 6.07) is 22.2. The Hall–Kier alpha value is -3.10. The predicted molar refractivity (Wildman–Crippen MR) is 151 cm³/mol. The number of hydrogen-bond donors (Lipinski definition) is 2. The molecular formula is C28H31BrN2O4S. The number of hydrogen-bond acceptors (Lipinski definition) is 5. The Morgan fingerprint density at radius 1 is 0.833 bits per heavy atom. The maximum atomic E-state index is 12.7. The maximum absolute atomic E-state index is 12.7. The number of amides is 1. The van der Waals surface area contributed by atoms with Crippen LogP contribution < -0.4 is 24.8 Å². The molecular weight excluding hydrogens is 540 g/mol. The first-order valence-corrected chi connectivity index (χ1v) is 13.2. The minimum absolute atomic E-state index is 0.192. The van der Waals surface area contributed by atoms with Gasteiger partial charge in [-0.15, -0.1) is 0 Å². The monoisotopic (exact) mass is 570 g/mol. The Kier molecular flexibility index (Phi) is 11.5. The number of nitrogens with one attached hydrogen (secondary N) is 2. The van der Waals surface area contributed by atoms with Gasteiger partial charge in [0.1, 0.15) is 30.5 Å². The second kappa shape index (κ2) is 15.1. The van der Waals surface area contributed by atoms with Crippen LogP contribution >= 0.6 is 28.1 Å². The Morgan fingerprint density at radius 3 is 2.33 bits per heavy atom. The number of ether oxygens (including phenoxy) is 3. The molecule has 0 atom stereocenters. The van der Waals surface area contributed by atoms with Crippen molar-refractivity contribution in [1.29, 1.82) is 0 Å². The van der Waals surface area contributed by atoms with Crippen LogP contribution in [0.5, 0.6) is 17.2 Å². The van der Waals surface area contributed by atoms with Crippen LogP contribution in [0.4, 0.5) is 5.69 Å². The lowest BCUT2D eigenvalue weighted by Gasteiger charge is -2.13. The molecule has 0 aliphatic heterocycles. The lowest BCUT2D eigenvalue weighted by atomic mass is 10.2. The van der Waals surface area contributed by atoms with Crippen molar-refractivity contribution in [3.8, 4) is 17.2 Å². The number of para-hydroxylation sites is 1. The average molecular weight is 572 g/mol. The first-order chi connectivity index (χ1) is 17.5. The number of halogens is 1. The summed E-state index contributed by atoms with van der Waals surface area (Å²) in [5.41, 5.74) is 1.18. The van der Waals surface area contributed by atoms with E-state index in [2.05, 4.69) is 33.5 Å². The van der Waals surface area contributed by atoms with Crippen molar-refractivity contribution in [2.24, 2.45) is 0 Å². The highest BCUT2D eigenvalue weighted by atomic mass is 79.9. The first kappa shape index (κ1) is 27.5. The van der Waals surface area contributed by atoms with Gasteiger partial charge in [-0.3, -0.25) is 10.1 Å². The van der Waals surface area contributed by atoms with E-state index in [0.717, 1.165) is 28.8 Å². The summed E-state index contributed by atoms with van der Waals surface area (Å²) < 4.78 is 17.9. The van der Waals surface area contributed by atoms with E-state index in [1.54, 1.807) is 18.2 Å². The number of rotatable bonds is 13. The van der Waals surface area contributed by atoms with Gasteiger partial charge in [0.2, 0.25) is 0 Å². The molecule has 0 saturated carbocycles. The number of unbranched alkanes of at least 4 members (excludes halogenated alkanes) is 3. The minimum atomic E-state index is -0.312. The van der Waals surface area contributed by atoms with Crippen LogP contribution in [0.1, 0.15) is 43.0 Å². The van der Waals surface area contributed by atoms with Crippen LogP contribution in [0.3, 0.4) is 0 Å². The highest BCUT2D eigenvalue weighted by Gasteiger charge is 2.11. The molecule has 0 spiro atoms. The van der Waals surface area contributed by atoms with Gasteiger partial charge >= 0.3 is 0 Å². The van der Waals surface area contributed by atoms with Crippen LogP contribution in [-0.2, 0) is 0 Å². The Labute approximate surface area is 226 Å². The van der Waals surface area contributed by atoms with Gasteiger partial charge in [-0.2, -0.15) is 0 Å². The highest BCUT2D eigenvalue weighted by Crippen LogP contribution is 2.26. The van der Waals surface area contributed by atoms with Gasteiger partial charge in [0.05, 0.1) is 11.1 Å². The van der Waals surface area contributed by atoms with E-state index < -0.39 is 0 Å². The van der Waals surface area contributed by atoms with E-state index in [1.807, 2.05) is 54.6 Å². The third-order valence-corrected chi connectivity index (χ3v) is 5.96. The van der Waals surface area contributed by atoms with Crippen LogP contribution in [0.25, 0.3) is 0 Å². The molecule has 0 radical (unpaired) electrons. The lowest BCUT2D eigenvalue weighted by Crippen LogP contribution is -2.34. The summed E-state index contributed by atoms with van der Waals surface area (Å²) in [5, 5.41) is 5.92. The van der Waals surface area contributed by atoms with Crippen molar-refractivity contribution in [2.45, 2.75) is 32.6 Å². The number of thiocarbonyl (C=S) groups is 1. The van der Waals surface area contributed by atoms with E-state index >= 15 is 0 Å². The van der Waals surface area contributed by atoms with Crippen molar-refractivity contribution in [3.05, 3.63) is 82.8 Å². The third kappa shape index (κ3) is 9.51. The quantitative estimate of drug-likeness (QED) is 0.170. The van der Waals surface area contributed by atoms with Crippen molar-refractivity contribution in [2.75, 3.05) is 25.1 Å². The largest absolute Gasteiger partial charge is 0.492 e. The van der Waals surface area contributed by atoms with Crippen LogP contribution in [0.2, 0.25) is 0 Å². The first-order valence-electron chi connectivity index (χ1n) is 12.0. The Bertz CT molecular complexity index is 1130. The topological polar surface area (TPSA) is 68.8 Å². The number of carbonyl (C=O) groups excluding carboxylic acids is 1. The molecule has 0 unspecified atom stereocenters. The molecule has 0 saturated heterocycles. The summed E-state index contributed by atoms with van der Waals surface area (Å²) in [6.45, 7) is 3.65. The molecule has 0 heterocycles. The third-order valence-electron chi connectivity index (χ3n) is 5.13. The summed E-state index contributed by atoms with van der Waals surface area (Å²) in [6.07, 6.45) is 4.56. The smallest absolute Gasteiger partial charge is 0.257 e. The van der Waals surface area contributed by atoms with Crippen LogP contribution in [0, 0.1) is 0 Å². The molecule has 0 bridgehead atoms. The highest BCUT2D eigenvalue weighted by molar-refractivity contribution is 9.10. The molecule has 3 rings (SSSR count). The van der Waals surface area contributed by atoms with Gasteiger partial charge in [-0.1, -0.05) is 50.5 Å². The zero-order valence-electron chi connectivity index (χ0n) is 20.3. The van der Waals surface area contributed by atoms with Crippen molar-refractivity contribution in [3.63, 3.8) is 0 Å².